The zero-order chi connectivity index (χ0) is 22.2. The number of imidazole rings is 1. The van der Waals surface area contributed by atoms with Gasteiger partial charge in [-0.15, -0.1) is 0 Å². The number of rotatable bonds is 2. The van der Waals surface area contributed by atoms with Crippen LogP contribution in [0.1, 0.15) is 44.4 Å². The van der Waals surface area contributed by atoms with Crippen molar-refractivity contribution in [2.75, 3.05) is 18.9 Å². The van der Waals surface area contributed by atoms with Crippen LogP contribution in [0.3, 0.4) is 0 Å². The number of hydrogen-bond donors (Lipinski definition) is 2. The summed E-state index contributed by atoms with van der Waals surface area (Å²) in [6.45, 7) is 9.62. The first kappa shape index (κ1) is 21.2. The summed E-state index contributed by atoms with van der Waals surface area (Å²) in [6, 6.07) is 5.32. The van der Waals surface area contributed by atoms with E-state index in [1.165, 1.54) is 31.9 Å². The SMILES string of the molecule is CC1(C)CCCCN1.CNc1nc2c(F)cc(-c3cc(C)c4nc(C)cn4n3)cc2o1. The Morgan fingerprint density at radius 3 is 2.61 bits per heavy atom. The lowest BCUT2D eigenvalue weighted by molar-refractivity contribution is 0.304. The van der Waals surface area contributed by atoms with Gasteiger partial charge in [0.2, 0.25) is 0 Å². The van der Waals surface area contributed by atoms with Crippen molar-refractivity contribution in [2.24, 2.45) is 0 Å². The van der Waals surface area contributed by atoms with Gasteiger partial charge in [0.15, 0.2) is 17.0 Å². The first-order chi connectivity index (χ1) is 14.8. The number of piperidine rings is 1. The molecule has 0 radical (unpaired) electrons. The highest BCUT2D eigenvalue weighted by molar-refractivity contribution is 5.81. The second kappa shape index (κ2) is 8.26. The van der Waals surface area contributed by atoms with Gasteiger partial charge in [0, 0.05) is 18.2 Å². The molecule has 3 aromatic heterocycles. The fourth-order valence-corrected chi connectivity index (χ4v) is 3.84. The molecule has 5 rings (SSSR count). The molecule has 8 heteroatoms. The summed E-state index contributed by atoms with van der Waals surface area (Å²) in [5.74, 6) is -0.441. The summed E-state index contributed by atoms with van der Waals surface area (Å²) in [5, 5.41) is 10.7. The number of anilines is 1. The number of halogens is 1. The van der Waals surface area contributed by atoms with Crippen molar-refractivity contribution in [1.82, 2.24) is 24.9 Å². The third-order valence-electron chi connectivity index (χ3n) is 5.52. The standard InChI is InChI=1S/C16H14FN5O.C7H15N/c1-8-4-12(21-22-7-9(2)19-15(8)22)10-5-11(17)14-13(6-10)23-16(18-3)20-14;1-7(2)5-3-4-6-8-7/h4-7H,1-3H3,(H,18,20);8H,3-6H2,1-2H3. The second-order valence-corrected chi connectivity index (χ2v) is 8.70. The highest BCUT2D eigenvalue weighted by atomic mass is 19.1. The van der Waals surface area contributed by atoms with Gasteiger partial charge in [-0.05, 0) is 70.8 Å². The van der Waals surface area contributed by atoms with Gasteiger partial charge in [-0.3, -0.25) is 0 Å². The molecule has 0 amide bonds. The molecule has 4 heterocycles. The lowest BCUT2D eigenvalue weighted by Crippen LogP contribution is -2.42. The molecule has 1 aliphatic rings. The van der Waals surface area contributed by atoms with Crippen molar-refractivity contribution in [2.45, 2.75) is 52.5 Å². The molecule has 0 unspecified atom stereocenters. The maximum atomic E-state index is 14.3. The van der Waals surface area contributed by atoms with Crippen molar-refractivity contribution in [3.63, 3.8) is 0 Å². The third-order valence-corrected chi connectivity index (χ3v) is 5.52. The van der Waals surface area contributed by atoms with Gasteiger partial charge in [0.1, 0.15) is 5.52 Å². The largest absolute Gasteiger partial charge is 0.423 e. The Morgan fingerprint density at radius 1 is 1.16 bits per heavy atom. The zero-order valence-corrected chi connectivity index (χ0v) is 18.7. The van der Waals surface area contributed by atoms with Crippen molar-refractivity contribution >= 4 is 22.8 Å². The molecule has 1 aliphatic heterocycles. The molecular weight excluding hydrogens is 395 g/mol. The van der Waals surface area contributed by atoms with Crippen molar-refractivity contribution in [3.8, 4) is 11.3 Å². The van der Waals surface area contributed by atoms with Gasteiger partial charge >= 0.3 is 0 Å². The van der Waals surface area contributed by atoms with Crippen LogP contribution in [-0.4, -0.2) is 38.7 Å². The van der Waals surface area contributed by atoms with Crippen LogP contribution in [0.2, 0.25) is 0 Å². The highest BCUT2D eigenvalue weighted by Crippen LogP contribution is 2.28. The van der Waals surface area contributed by atoms with E-state index in [9.17, 15) is 4.39 Å². The number of aryl methyl sites for hydroxylation is 2. The summed E-state index contributed by atoms with van der Waals surface area (Å²) < 4.78 is 21.5. The maximum Gasteiger partial charge on any atom is 0.295 e. The minimum atomic E-state index is -0.441. The average molecular weight is 425 g/mol. The summed E-state index contributed by atoms with van der Waals surface area (Å²) in [4.78, 5) is 8.47. The van der Waals surface area contributed by atoms with Gasteiger partial charge in [-0.25, -0.2) is 13.9 Å². The fourth-order valence-electron chi connectivity index (χ4n) is 3.84. The predicted molar refractivity (Wildman–Crippen MR) is 121 cm³/mol. The van der Waals surface area contributed by atoms with E-state index in [1.807, 2.05) is 26.1 Å². The summed E-state index contributed by atoms with van der Waals surface area (Å²) in [7, 11) is 1.67. The Hall–Kier alpha value is -3.00. The van der Waals surface area contributed by atoms with Gasteiger partial charge in [0.25, 0.3) is 6.01 Å². The molecule has 0 spiro atoms. The first-order valence-electron chi connectivity index (χ1n) is 10.6. The van der Waals surface area contributed by atoms with Gasteiger partial charge in [-0.2, -0.15) is 10.1 Å². The van der Waals surface area contributed by atoms with E-state index < -0.39 is 5.82 Å². The van der Waals surface area contributed by atoms with Crippen LogP contribution in [0, 0.1) is 19.7 Å². The van der Waals surface area contributed by atoms with E-state index in [0.717, 1.165) is 16.9 Å². The average Bonchev–Trinajstić information content (AvgIpc) is 3.31. The number of nitrogens with one attached hydrogen (secondary N) is 2. The van der Waals surface area contributed by atoms with E-state index in [2.05, 4.69) is 39.5 Å². The smallest absolute Gasteiger partial charge is 0.295 e. The van der Waals surface area contributed by atoms with Gasteiger partial charge in [0.05, 0.1) is 17.6 Å². The van der Waals surface area contributed by atoms with E-state index in [1.54, 1.807) is 17.6 Å². The zero-order valence-electron chi connectivity index (χ0n) is 18.7. The van der Waals surface area contributed by atoms with Crippen LogP contribution in [0.15, 0.2) is 28.8 Å². The van der Waals surface area contributed by atoms with Crippen LogP contribution >= 0.6 is 0 Å². The van der Waals surface area contributed by atoms with Gasteiger partial charge < -0.3 is 15.1 Å². The third kappa shape index (κ3) is 4.54. The molecule has 1 saturated heterocycles. The highest BCUT2D eigenvalue weighted by Gasteiger charge is 2.19. The topological polar surface area (TPSA) is 80.3 Å². The molecule has 0 aliphatic carbocycles. The number of fused-ring (bicyclic) bond motifs is 2. The Labute approximate surface area is 181 Å². The second-order valence-electron chi connectivity index (χ2n) is 8.70. The number of benzene rings is 1. The maximum absolute atomic E-state index is 14.3. The molecule has 4 aromatic rings. The van der Waals surface area contributed by atoms with Crippen molar-refractivity contribution in [3.05, 3.63) is 41.5 Å². The normalized spacial score (nSPS) is 15.7. The number of aromatic nitrogens is 4. The van der Waals surface area contributed by atoms with E-state index in [4.69, 9.17) is 4.42 Å². The van der Waals surface area contributed by atoms with Crippen LogP contribution in [0.25, 0.3) is 28.0 Å². The van der Waals surface area contributed by atoms with E-state index >= 15 is 0 Å². The first-order valence-corrected chi connectivity index (χ1v) is 10.6. The summed E-state index contributed by atoms with van der Waals surface area (Å²) in [5.41, 5.74) is 4.94. The van der Waals surface area contributed by atoms with Gasteiger partial charge in [-0.1, -0.05) is 6.42 Å². The quantitative estimate of drug-likeness (QED) is 0.478. The number of oxazole rings is 1. The minimum Gasteiger partial charge on any atom is -0.423 e. The Kier molecular flexibility index (Phi) is 5.66. The molecule has 31 heavy (non-hydrogen) atoms. The Morgan fingerprint density at radius 2 is 1.97 bits per heavy atom. The minimum absolute atomic E-state index is 0.203. The fraction of sp³-hybridized carbons (Fsp3) is 0.435. The summed E-state index contributed by atoms with van der Waals surface area (Å²) >= 11 is 0. The number of hydrogen-bond acceptors (Lipinski definition) is 6. The molecule has 0 saturated carbocycles. The van der Waals surface area contributed by atoms with Crippen molar-refractivity contribution < 1.29 is 8.81 Å². The molecule has 1 fully saturated rings. The molecular formula is C23H29FN6O. The Balaban J connectivity index is 0.000000245. The molecule has 7 nitrogen and oxygen atoms in total. The summed E-state index contributed by atoms with van der Waals surface area (Å²) in [6.07, 6.45) is 5.95. The van der Waals surface area contributed by atoms with Crippen LogP contribution in [0.4, 0.5) is 10.4 Å². The number of nitrogens with zero attached hydrogens (tertiary/aromatic N) is 4. The Bertz CT molecular complexity index is 1220. The van der Waals surface area contributed by atoms with Crippen molar-refractivity contribution in [1.29, 1.82) is 0 Å². The predicted octanol–water partition coefficient (Wildman–Crippen LogP) is 4.87. The lowest BCUT2D eigenvalue weighted by atomic mass is 9.93. The molecule has 164 valence electrons. The van der Waals surface area contributed by atoms with Crippen LogP contribution in [0.5, 0.6) is 0 Å². The van der Waals surface area contributed by atoms with Crippen LogP contribution < -0.4 is 10.6 Å². The monoisotopic (exact) mass is 424 g/mol. The molecule has 2 N–H and O–H groups in total. The molecule has 0 bridgehead atoms. The van der Waals surface area contributed by atoms with E-state index in [-0.39, 0.29) is 11.5 Å². The lowest BCUT2D eigenvalue weighted by Gasteiger charge is -2.30. The van der Waals surface area contributed by atoms with Crippen LogP contribution in [-0.2, 0) is 0 Å². The van der Waals surface area contributed by atoms with E-state index in [0.29, 0.717) is 22.4 Å². The molecule has 0 atom stereocenters. The molecule has 1 aromatic carbocycles.